The summed E-state index contributed by atoms with van der Waals surface area (Å²) in [5.74, 6) is -1.02. The Morgan fingerprint density at radius 3 is 1.92 bits per heavy atom. The third-order valence-corrected chi connectivity index (χ3v) is 7.54. The molecular weight excluding hydrogens is 499 g/mol. The van der Waals surface area contributed by atoms with Gasteiger partial charge in [-0.05, 0) is 101 Å². The predicted octanol–water partition coefficient (Wildman–Crippen LogP) is 9.08. The Morgan fingerprint density at radius 2 is 1.38 bits per heavy atom. The van der Waals surface area contributed by atoms with Crippen LogP contribution in [0.5, 0.6) is 5.75 Å². The largest absolute Gasteiger partial charge is 0.497 e. The third kappa shape index (κ3) is 6.23. The van der Waals surface area contributed by atoms with Gasteiger partial charge in [-0.3, -0.25) is 4.84 Å². The summed E-state index contributed by atoms with van der Waals surface area (Å²) in [6, 6.07) is 13.9. The molecule has 0 unspecified atom stereocenters. The SMILES string of the molecule is C/C=C\CCON1C(C)(C)CC(c2ccc(-c3ccc(-c4ccc(OC)cc4F)cc3F)cc2F)CC1(C)C. The molecule has 1 saturated heterocycles. The molecule has 6 heteroatoms. The van der Waals surface area contributed by atoms with Crippen molar-refractivity contribution in [1.29, 1.82) is 0 Å². The van der Waals surface area contributed by atoms with Gasteiger partial charge in [0.25, 0.3) is 0 Å². The number of hydrogen-bond donors (Lipinski definition) is 0. The van der Waals surface area contributed by atoms with Gasteiger partial charge in [-0.25, -0.2) is 13.2 Å². The lowest BCUT2D eigenvalue weighted by Crippen LogP contribution is -2.60. The summed E-state index contributed by atoms with van der Waals surface area (Å²) in [7, 11) is 1.46. The highest BCUT2D eigenvalue weighted by molar-refractivity contribution is 5.72. The second kappa shape index (κ2) is 11.6. The van der Waals surface area contributed by atoms with Crippen molar-refractivity contribution in [2.75, 3.05) is 13.7 Å². The average Bonchev–Trinajstić information content (AvgIpc) is 2.86. The van der Waals surface area contributed by atoms with Crippen molar-refractivity contribution in [2.24, 2.45) is 0 Å². The summed E-state index contributed by atoms with van der Waals surface area (Å²) in [6.45, 7) is 11.1. The first kappa shape index (κ1) is 28.9. The first-order valence-electron chi connectivity index (χ1n) is 13.4. The number of halogens is 3. The summed E-state index contributed by atoms with van der Waals surface area (Å²) in [5.41, 5.74) is 1.41. The maximum atomic E-state index is 15.6. The topological polar surface area (TPSA) is 21.7 Å². The number of benzene rings is 3. The van der Waals surface area contributed by atoms with E-state index in [9.17, 15) is 4.39 Å². The molecular formula is C33H38F3NO2. The van der Waals surface area contributed by atoms with Gasteiger partial charge in [-0.2, -0.15) is 5.06 Å². The van der Waals surface area contributed by atoms with Crippen LogP contribution in [0, 0.1) is 17.5 Å². The predicted molar refractivity (Wildman–Crippen MR) is 151 cm³/mol. The molecule has 39 heavy (non-hydrogen) atoms. The standard InChI is InChI=1S/C33H38F3NO2/c1-7-8-9-16-39-37-32(2,3)20-24(21-33(37,4)5)28-14-11-22(18-30(28)35)26-13-10-23(17-29(26)34)27-15-12-25(38-6)19-31(27)36/h7-8,10-15,17-19,24H,9,16,20-21H2,1-6H3/b8-7-. The monoisotopic (exact) mass is 537 g/mol. The van der Waals surface area contributed by atoms with Crippen LogP contribution >= 0.6 is 0 Å². The number of nitrogens with zero attached hydrogens (tertiary/aromatic N) is 1. The summed E-state index contributed by atoms with van der Waals surface area (Å²) >= 11 is 0. The average molecular weight is 538 g/mol. The number of ether oxygens (including phenoxy) is 1. The van der Waals surface area contributed by atoms with E-state index in [4.69, 9.17) is 9.57 Å². The van der Waals surface area contributed by atoms with Crippen LogP contribution < -0.4 is 4.74 Å². The molecule has 0 amide bonds. The summed E-state index contributed by atoms with van der Waals surface area (Å²) in [6.07, 6.45) is 6.39. The maximum Gasteiger partial charge on any atom is 0.134 e. The number of piperidine rings is 1. The van der Waals surface area contributed by atoms with E-state index in [2.05, 4.69) is 38.8 Å². The molecule has 1 fully saturated rings. The van der Waals surface area contributed by atoms with Gasteiger partial charge in [-0.15, -0.1) is 0 Å². The first-order chi connectivity index (χ1) is 18.5. The molecule has 0 N–H and O–H groups in total. The Bertz CT molecular complexity index is 1330. The molecule has 1 aliphatic rings. The summed E-state index contributed by atoms with van der Waals surface area (Å²) < 4.78 is 50.3. The molecule has 3 aromatic rings. The van der Waals surface area contributed by atoms with Gasteiger partial charge in [0, 0.05) is 28.3 Å². The molecule has 0 spiro atoms. The van der Waals surface area contributed by atoms with Gasteiger partial charge in [0.2, 0.25) is 0 Å². The maximum absolute atomic E-state index is 15.6. The van der Waals surface area contributed by atoms with Crippen LogP contribution in [0.1, 0.15) is 65.4 Å². The number of hydroxylamine groups is 2. The quantitative estimate of drug-likeness (QED) is 0.211. The van der Waals surface area contributed by atoms with Gasteiger partial charge < -0.3 is 4.74 Å². The normalized spacial score (nSPS) is 17.6. The molecule has 0 atom stereocenters. The molecule has 0 aromatic heterocycles. The highest BCUT2D eigenvalue weighted by atomic mass is 19.1. The minimum Gasteiger partial charge on any atom is -0.497 e. The minimum atomic E-state index is -0.541. The molecule has 0 bridgehead atoms. The smallest absolute Gasteiger partial charge is 0.134 e. The number of allylic oxidation sites excluding steroid dienone is 1. The Kier molecular flexibility index (Phi) is 8.57. The van der Waals surface area contributed by atoms with Crippen LogP contribution in [-0.2, 0) is 4.84 Å². The van der Waals surface area contributed by atoms with E-state index in [1.165, 1.54) is 25.3 Å². The highest BCUT2D eigenvalue weighted by Gasteiger charge is 2.47. The van der Waals surface area contributed by atoms with Gasteiger partial charge in [0.1, 0.15) is 23.2 Å². The molecule has 3 nitrogen and oxygen atoms in total. The lowest BCUT2D eigenvalue weighted by Gasteiger charge is -2.54. The number of hydrogen-bond acceptors (Lipinski definition) is 3. The van der Waals surface area contributed by atoms with E-state index in [-0.39, 0.29) is 33.9 Å². The van der Waals surface area contributed by atoms with Crippen molar-refractivity contribution in [3.05, 3.63) is 89.8 Å². The van der Waals surface area contributed by atoms with Crippen LogP contribution in [0.15, 0.2) is 66.7 Å². The fourth-order valence-electron chi connectivity index (χ4n) is 6.01. The molecule has 1 heterocycles. The Hall–Kier alpha value is -3.09. The van der Waals surface area contributed by atoms with E-state index in [1.54, 1.807) is 36.4 Å². The summed E-state index contributed by atoms with van der Waals surface area (Å²) in [4.78, 5) is 6.20. The van der Waals surface area contributed by atoms with Crippen LogP contribution in [-0.4, -0.2) is 29.9 Å². The van der Waals surface area contributed by atoms with Crippen LogP contribution in [0.25, 0.3) is 22.3 Å². The minimum absolute atomic E-state index is 0.00953. The molecule has 4 rings (SSSR count). The molecule has 3 aromatic carbocycles. The van der Waals surface area contributed by atoms with Crippen LogP contribution in [0.2, 0.25) is 0 Å². The third-order valence-electron chi connectivity index (χ3n) is 7.54. The second-order valence-corrected chi connectivity index (χ2v) is 11.5. The lowest BCUT2D eigenvalue weighted by molar-refractivity contribution is -0.282. The van der Waals surface area contributed by atoms with E-state index < -0.39 is 11.6 Å². The zero-order chi connectivity index (χ0) is 28.4. The fraction of sp³-hybridized carbons (Fsp3) is 0.394. The Labute approximate surface area is 230 Å². The highest BCUT2D eigenvalue weighted by Crippen LogP contribution is 2.46. The van der Waals surface area contributed by atoms with E-state index in [0.29, 0.717) is 29.0 Å². The lowest BCUT2D eigenvalue weighted by atomic mass is 9.72. The zero-order valence-corrected chi connectivity index (χ0v) is 23.7. The van der Waals surface area contributed by atoms with E-state index >= 15 is 8.78 Å². The van der Waals surface area contributed by atoms with Crippen molar-refractivity contribution in [3.63, 3.8) is 0 Å². The zero-order valence-electron chi connectivity index (χ0n) is 23.7. The van der Waals surface area contributed by atoms with Gasteiger partial charge in [-0.1, -0.05) is 36.4 Å². The fourth-order valence-corrected chi connectivity index (χ4v) is 6.01. The second-order valence-electron chi connectivity index (χ2n) is 11.5. The molecule has 1 aliphatic heterocycles. The van der Waals surface area contributed by atoms with E-state index in [1.807, 2.05) is 13.0 Å². The van der Waals surface area contributed by atoms with Gasteiger partial charge in [0.05, 0.1) is 13.7 Å². The van der Waals surface area contributed by atoms with Crippen molar-refractivity contribution in [2.45, 2.75) is 70.9 Å². The molecule has 0 radical (unpaired) electrons. The van der Waals surface area contributed by atoms with Crippen molar-refractivity contribution < 1.29 is 22.7 Å². The van der Waals surface area contributed by atoms with Crippen LogP contribution in [0.3, 0.4) is 0 Å². The molecule has 0 aliphatic carbocycles. The number of methoxy groups -OCH3 is 1. The first-order valence-corrected chi connectivity index (χ1v) is 13.4. The Balaban J connectivity index is 1.56. The van der Waals surface area contributed by atoms with E-state index in [0.717, 1.165) is 19.3 Å². The Morgan fingerprint density at radius 1 is 0.821 bits per heavy atom. The van der Waals surface area contributed by atoms with Crippen molar-refractivity contribution >= 4 is 0 Å². The number of rotatable bonds is 8. The molecule has 208 valence electrons. The van der Waals surface area contributed by atoms with Crippen molar-refractivity contribution in [3.8, 4) is 28.0 Å². The van der Waals surface area contributed by atoms with Gasteiger partial charge >= 0.3 is 0 Å². The summed E-state index contributed by atoms with van der Waals surface area (Å²) in [5, 5.41) is 2.08. The van der Waals surface area contributed by atoms with Crippen molar-refractivity contribution in [1.82, 2.24) is 5.06 Å². The van der Waals surface area contributed by atoms with Crippen LogP contribution in [0.4, 0.5) is 13.2 Å². The van der Waals surface area contributed by atoms with Gasteiger partial charge in [0.15, 0.2) is 0 Å². The molecule has 0 saturated carbocycles.